The summed E-state index contributed by atoms with van der Waals surface area (Å²) < 4.78 is 34.9. The van der Waals surface area contributed by atoms with Gasteiger partial charge in [-0.25, -0.2) is 18.3 Å². The molecule has 0 saturated carbocycles. The Morgan fingerprint density at radius 1 is 1.24 bits per heavy atom. The minimum absolute atomic E-state index is 0.0714. The monoisotopic (exact) mass is 594 g/mol. The van der Waals surface area contributed by atoms with E-state index in [9.17, 15) is 23.9 Å². The first-order valence-corrected chi connectivity index (χ1v) is 13.7. The number of hydrogen-bond acceptors (Lipinski definition) is 7. The van der Waals surface area contributed by atoms with Gasteiger partial charge in [-0.15, -0.1) is 0 Å². The highest BCUT2D eigenvalue weighted by Gasteiger charge is 2.33. The summed E-state index contributed by atoms with van der Waals surface area (Å²) in [4.78, 5) is 19.6. The summed E-state index contributed by atoms with van der Waals surface area (Å²) >= 11 is 5.91. The Kier molecular flexibility index (Phi) is 7.79. The summed E-state index contributed by atoms with van der Waals surface area (Å²) in [6.07, 6.45) is 6.01. The molecule has 5 rings (SSSR count). The minimum atomic E-state index is -1.03. The number of hydrogen-bond donors (Lipinski definition) is 2. The molecule has 2 N–H and O–H groups in total. The molecule has 0 spiro atoms. The third-order valence-corrected chi connectivity index (χ3v) is 7.59. The maximum atomic E-state index is 13.8. The zero-order valence-electron chi connectivity index (χ0n) is 23.3. The van der Waals surface area contributed by atoms with E-state index in [1.54, 1.807) is 36.8 Å². The van der Waals surface area contributed by atoms with Crippen LogP contribution in [-0.2, 0) is 0 Å². The van der Waals surface area contributed by atoms with Gasteiger partial charge in [-0.3, -0.25) is 4.79 Å². The zero-order chi connectivity index (χ0) is 30.2. The molecular weight excluding hydrogens is 566 g/mol. The lowest BCUT2D eigenvalue weighted by Crippen LogP contribution is -2.53. The Bertz CT molecular complexity index is 1690. The van der Waals surface area contributed by atoms with Crippen LogP contribution in [0.25, 0.3) is 16.6 Å². The van der Waals surface area contributed by atoms with Gasteiger partial charge in [0.05, 0.1) is 39.7 Å². The number of aliphatic hydroxyl groups is 1. The molecule has 1 aliphatic heterocycles. The number of aromatic nitrogens is 3. The third-order valence-electron chi connectivity index (χ3n) is 7.20. The van der Waals surface area contributed by atoms with Crippen molar-refractivity contribution in [3.8, 4) is 22.9 Å². The van der Waals surface area contributed by atoms with Gasteiger partial charge in [0.1, 0.15) is 35.9 Å². The van der Waals surface area contributed by atoms with Crippen molar-refractivity contribution < 1.29 is 23.4 Å². The van der Waals surface area contributed by atoms with Crippen molar-refractivity contribution in [1.29, 1.82) is 5.26 Å². The second kappa shape index (κ2) is 11.2. The Morgan fingerprint density at radius 3 is 2.62 bits per heavy atom. The number of fused-ring (bicyclic) bond motifs is 1. The van der Waals surface area contributed by atoms with Crippen molar-refractivity contribution in [2.24, 2.45) is 0 Å². The van der Waals surface area contributed by atoms with Crippen molar-refractivity contribution >= 4 is 28.8 Å². The molecule has 0 bridgehead atoms. The fourth-order valence-electron chi connectivity index (χ4n) is 4.89. The van der Waals surface area contributed by atoms with E-state index in [-0.39, 0.29) is 12.2 Å². The van der Waals surface area contributed by atoms with Crippen LogP contribution in [0.15, 0.2) is 48.9 Å². The smallest absolute Gasteiger partial charge is 0.253 e. The fraction of sp³-hybridized carbons (Fsp3) is 0.333. The van der Waals surface area contributed by atoms with Gasteiger partial charge in [0.2, 0.25) is 0 Å². The van der Waals surface area contributed by atoms with Crippen LogP contribution in [0.4, 0.5) is 14.6 Å². The van der Waals surface area contributed by atoms with Crippen LogP contribution >= 0.6 is 11.6 Å². The number of anilines is 1. The molecule has 0 radical (unpaired) electrons. The molecule has 1 saturated heterocycles. The van der Waals surface area contributed by atoms with Crippen LogP contribution in [-0.4, -0.2) is 56.4 Å². The lowest BCUT2D eigenvalue weighted by Gasteiger charge is -2.40. The van der Waals surface area contributed by atoms with Crippen molar-refractivity contribution in [2.75, 3.05) is 24.6 Å². The van der Waals surface area contributed by atoms with E-state index >= 15 is 0 Å². The van der Waals surface area contributed by atoms with Crippen molar-refractivity contribution in [2.45, 2.75) is 44.8 Å². The van der Waals surface area contributed by atoms with E-state index < -0.39 is 33.7 Å². The second-order valence-electron chi connectivity index (χ2n) is 11.3. The highest BCUT2D eigenvalue weighted by Crippen LogP contribution is 2.33. The van der Waals surface area contributed by atoms with E-state index in [4.69, 9.17) is 16.3 Å². The first kappa shape index (κ1) is 29.2. The summed E-state index contributed by atoms with van der Waals surface area (Å²) in [5, 5.41) is 26.5. The molecule has 0 unspecified atom stereocenters. The quantitative estimate of drug-likeness (QED) is 0.285. The molecular formula is C30H29ClF2N6O3. The SMILES string of the molecule is CC(C)(O)COc1cc(-c2ccc(N3CCC(C)(NC(=O)c4cc(F)cc(F)c4Cl)CC3)nc2)c2c(C#N)cnn2c1. The number of carbonyl (C=O) groups excluding carboxylic acids is 1. The number of ether oxygens (including phenoxy) is 1. The van der Waals surface area contributed by atoms with Gasteiger partial charge in [-0.1, -0.05) is 11.6 Å². The average Bonchev–Trinajstić information content (AvgIpc) is 3.36. The zero-order valence-corrected chi connectivity index (χ0v) is 24.0. The number of amides is 1. The molecule has 1 aliphatic rings. The van der Waals surface area contributed by atoms with E-state index in [1.807, 2.05) is 19.1 Å². The number of nitrogens with one attached hydrogen (secondary N) is 1. The normalized spacial score (nSPS) is 15.0. The molecule has 4 heterocycles. The Balaban J connectivity index is 1.31. The number of halogens is 3. The van der Waals surface area contributed by atoms with Crippen LogP contribution in [0.2, 0.25) is 5.02 Å². The molecule has 9 nitrogen and oxygen atoms in total. The molecule has 42 heavy (non-hydrogen) atoms. The number of nitriles is 1. The van der Waals surface area contributed by atoms with E-state index in [0.29, 0.717) is 54.4 Å². The van der Waals surface area contributed by atoms with Crippen molar-refractivity contribution in [3.63, 3.8) is 0 Å². The van der Waals surface area contributed by atoms with Crippen molar-refractivity contribution in [1.82, 2.24) is 19.9 Å². The minimum Gasteiger partial charge on any atom is -0.489 e. The Labute approximate surface area is 246 Å². The number of pyridine rings is 2. The number of carbonyl (C=O) groups is 1. The van der Waals surface area contributed by atoms with Gasteiger partial charge in [-0.2, -0.15) is 10.4 Å². The number of piperidine rings is 1. The lowest BCUT2D eigenvalue weighted by molar-refractivity contribution is 0.0283. The Morgan fingerprint density at radius 2 is 1.98 bits per heavy atom. The molecule has 1 aromatic carbocycles. The molecule has 12 heteroatoms. The van der Waals surface area contributed by atoms with Gasteiger partial charge in [0.25, 0.3) is 5.91 Å². The van der Waals surface area contributed by atoms with Gasteiger partial charge in [0.15, 0.2) is 0 Å². The lowest BCUT2D eigenvalue weighted by atomic mass is 9.89. The molecule has 0 atom stereocenters. The summed E-state index contributed by atoms with van der Waals surface area (Å²) in [5.41, 5.74) is 0.605. The van der Waals surface area contributed by atoms with Gasteiger partial charge in [0, 0.05) is 42.0 Å². The topological polar surface area (TPSA) is 116 Å². The summed E-state index contributed by atoms with van der Waals surface area (Å²) in [6, 6.07) is 9.33. The van der Waals surface area contributed by atoms with E-state index in [1.165, 1.54) is 6.20 Å². The van der Waals surface area contributed by atoms with E-state index in [0.717, 1.165) is 17.4 Å². The first-order chi connectivity index (χ1) is 19.9. The molecule has 4 aromatic rings. The van der Waals surface area contributed by atoms with E-state index in [2.05, 4.69) is 26.4 Å². The highest BCUT2D eigenvalue weighted by atomic mass is 35.5. The maximum absolute atomic E-state index is 13.8. The predicted octanol–water partition coefficient (Wildman–Crippen LogP) is 5.14. The first-order valence-electron chi connectivity index (χ1n) is 13.3. The van der Waals surface area contributed by atoms with Crippen LogP contribution < -0.4 is 15.0 Å². The maximum Gasteiger partial charge on any atom is 0.253 e. The highest BCUT2D eigenvalue weighted by molar-refractivity contribution is 6.34. The number of rotatable bonds is 7. The van der Waals surface area contributed by atoms with Crippen LogP contribution in [0.1, 0.15) is 49.5 Å². The summed E-state index contributed by atoms with van der Waals surface area (Å²) in [5.74, 6) is -1.27. The fourth-order valence-corrected chi connectivity index (χ4v) is 5.08. The Hall–Kier alpha value is -4.27. The molecule has 0 aliphatic carbocycles. The largest absolute Gasteiger partial charge is 0.489 e. The standard InChI is InChI=1S/C30H29ClF2N6O3/c1-29(2,41)17-42-21-12-22(27-19(13-34)15-36-39(27)16-21)18-4-5-25(35-14-18)38-8-6-30(3,7-9-38)37-28(40)23-10-20(32)11-24(33)26(23)31/h4-5,10-12,14-16,41H,6-9,17H2,1-3H3,(H,37,40). The van der Waals surface area contributed by atoms with Crippen LogP contribution in [0, 0.1) is 23.0 Å². The average molecular weight is 595 g/mol. The summed E-state index contributed by atoms with van der Waals surface area (Å²) in [7, 11) is 0. The van der Waals surface area contributed by atoms with Gasteiger partial charge in [-0.05, 0) is 57.9 Å². The summed E-state index contributed by atoms with van der Waals surface area (Å²) in [6.45, 7) is 6.42. The molecule has 3 aromatic heterocycles. The molecule has 1 fully saturated rings. The number of benzene rings is 1. The van der Waals surface area contributed by atoms with Gasteiger partial charge < -0.3 is 20.1 Å². The van der Waals surface area contributed by atoms with Crippen LogP contribution in [0.5, 0.6) is 5.75 Å². The molecule has 1 amide bonds. The predicted molar refractivity (Wildman–Crippen MR) is 154 cm³/mol. The third kappa shape index (κ3) is 6.15. The van der Waals surface area contributed by atoms with Crippen LogP contribution in [0.3, 0.4) is 0 Å². The van der Waals surface area contributed by atoms with Gasteiger partial charge >= 0.3 is 0 Å². The second-order valence-corrected chi connectivity index (χ2v) is 11.7. The number of nitrogens with zero attached hydrogens (tertiary/aromatic N) is 5. The molecule has 218 valence electrons. The van der Waals surface area contributed by atoms with Crippen molar-refractivity contribution in [3.05, 3.63) is 76.7 Å².